The van der Waals surface area contributed by atoms with Crippen molar-refractivity contribution < 1.29 is 9.90 Å². The molecular formula is C11H19NO2. The van der Waals surface area contributed by atoms with Crippen LogP contribution in [0.1, 0.15) is 32.6 Å². The van der Waals surface area contributed by atoms with Gasteiger partial charge in [-0.2, -0.15) is 0 Å². The lowest BCUT2D eigenvalue weighted by Crippen LogP contribution is -2.49. The van der Waals surface area contributed by atoms with Crippen LogP contribution in [0.3, 0.4) is 0 Å². The first-order valence-corrected chi connectivity index (χ1v) is 5.63. The Morgan fingerprint density at radius 3 is 2.71 bits per heavy atom. The highest BCUT2D eigenvalue weighted by atomic mass is 16.4. The summed E-state index contributed by atoms with van der Waals surface area (Å²) in [5.41, 5.74) is 0. The van der Waals surface area contributed by atoms with Crippen molar-refractivity contribution in [2.24, 2.45) is 11.8 Å². The quantitative estimate of drug-likeness (QED) is 0.730. The Labute approximate surface area is 85.1 Å². The Bertz CT molecular complexity index is 223. The zero-order valence-corrected chi connectivity index (χ0v) is 8.78. The third-order valence-corrected chi connectivity index (χ3v) is 3.67. The van der Waals surface area contributed by atoms with Gasteiger partial charge in [-0.25, -0.2) is 0 Å². The molecule has 2 rings (SSSR count). The SMILES string of the molecule is CC1CC(N2CCCC(C(=O)O)C2)C1. The van der Waals surface area contributed by atoms with Crippen LogP contribution in [0.5, 0.6) is 0 Å². The lowest BCUT2D eigenvalue weighted by Gasteiger charge is -2.44. The second-order valence-electron chi connectivity index (χ2n) is 4.90. The van der Waals surface area contributed by atoms with E-state index in [1.807, 2.05) is 0 Å². The average Bonchev–Trinajstić information content (AvgIpc) is 2.13. The van der Waals surface area contributed by atoms with Gasteiger partial charge < -0.3 is 5.11 Å². The maximum Gasteiger partial charge on any atom is 0.307 e. The molecule has 0 aromatic carbocycles. The van der Waals surface area contributed by atoms with Gasteiger partial charge in [0, 0.05) is 12.6 Å². The van der Waals surface area contributed by atoms with Gasteiger partial charge in [-0.1, -0.05) is 6.92 Å². The van der Waals surface area contributed by atoms with E-state index in [0.717, 1.165) is 31.8 Å². The van der Waals surface area contributed by atoms with E-state index in [4.69, 9.17) is 5.11 Å². The van der Waals surface area contributed by atoms with Crippen molar-refractivity contribution in [3.63, 3.8) is 0 Å². The Kier molecular flexibility index (Phi) is 2.77. The van der Waals surface area contributed by atoms with Crippen LogP contribution in [0.4, 0.5) is 0 Å². The molecule has 2 fully saturated rings. The van der Waals surface area contributed by atoms with Gasteiger partial charge in [0.15, 0.2) is 0 Å². The molecule has 80 valence electrons. The van der Waals surface area contributed by atoms with E-state index >= 15 is 0 Å². The number of carbonyl (C=O) groups is 1. The maximum atomic E-state index is 10.9. The highest BCUT2D eigenvalue weighted by Gasteiger charge is 2.35. The molecule has 1 unspecified atom stereocenters. The van der Waals surface area contributed by atoms with Crippen LogP contribution in [0, 0.1) is 11.8 Å². The van der Waals surface area contributed by atoms with Gasteiger partial charge in [-0.3, -0.25) is 9.69 Å². The smallest absolute Gasteiger partial charge is 0.307 e. The molecule has 1 aliphatic carbocycles. The molecule has 3 heteroatoms. The summed E-state index contributed by atoms with van der Waals surface area (Å²) in [6.45, 7) is 4.17. The van der Waals surface area contributed by atoms with Crippen LogP contribution in [-0.2, 0) is 4.79 Å². The summed E-state index contributed by atoms with van der Waals surface area (Å²) in [5.74, 6) is 0.131. The molecule has 2 aliphatic rings. The van der Waals surface area contributed by atoms with Crippen LogP contribution >= 0.6 is 0 Å². The zero-order chi connectivity index (χ0) is 10.1. The summed E-state index contributed by atoms with van der Waals surface area (Å²) in [7, 11) is 0. The largest absolute Gasteiger partial charge is 0.481 e. The number of piperidine rings is 1. The monoisotopic (exact) mass is 197 g/mol. The first-order valence-electron chi connectivity index (χ1n) is 5.63. The molecule has 0 aromatic rings. The molecule has 1 saturated heterocycles. The molecule has 0 amide bonds. The first kappa shape index (κ1) is 9.97. The Morgan fingerprint density at radius 2 is 2.14 bits per heavy atom. The number of aliphatic carboxylic acids is 1. The van der Waals surface area contributed by atoms with E-state index in [2.05, 4.69) is 11.8 Å². The Morgan fingerprint density at radius 1 is 1.43 bits per heavy atom. The molecule has 0 aromatic heterocycles. The fraction of sp³-hybridized carbons (Fsp3) is 0.909. The van der Waals surface area contributed by atoms with E-state index < -0.39 is 5.97 Å². The molecule has 1 aliphatic heterocycles. The number of likely N-dealkylation sites (tertiary alicyclic amines) is 1. The summed E-state index contributed by atoms with van der Waals surface area (Å²) in [6.07, 6.45) is 4.47. The fourth-order valence-corrected chi connectivity index (χ4v) is 2.70. The maximum absolute atomic E-state index is 10.9. The van der Waals surface area contributed by atoms with Gasteiger partial charge in [0.2, 0.25) is 0 Å². The third-order valence-electron chi connectivity index (χ3n) is 3.67. The molecule has 0 spiro atoms. The molecular weight excluding hydrogens is 178 g/mol. The van der Waals surface area contributed by atoms with Crippen molar-refractivity contribution in [2.75, 3.05) is 13.1 Å². The molecule has 0 bridgehead atoms. The van der Waals surface area contributed by atoms with Gasteiger partial charge in [-0.05, 0) is 38.1 Å². The fourth-order valence-electron chi connectivity index (χ4n) is 2.70. The third kappa shape index (κ3) is 1.92. The predicted octanol–water partition coefficient (Wildman–Crippen LogP) is 1.58. The van der Waals surface area contributed by atoms with E-state index in [9.17, 15) is 4.79 Å². The molecule has 0 radical (unpaired) electrons. The number of hydrogen-bond donors (Lipinski definition) is 1. The summed E-state index contributed by atoms with van der Waals surface area (Å²) in [6, 6.07) is 0.687. The minimum Gasteiger partial charge on any atom is -0.481 e. The van der Waals surface area contributed by atoms with Crippen molar-refractivity contribution in [1.82, 2.24) is 4.90 Å². The predicted molar refractivity (Wildman–Crippen MR) is 54.1 cm³/mol. The molecule has 1 saturated carbocycles. The second kappa shape index (κ2) is 3.89. The van der Waals surface area contributed by atoms with Crippen LogP contribution in [-0.4, -0.2) is 35.1 Å². The molecule has 1 atom stereocenters. The van der Waals surface area contributed by atoms with E-state index in [0.29, 0.717) is 6.04 Å². The highest BCUT2D eigenvalue weighted by Crippen LogP contribution is 2.33. The van der Waals surface area contributed by atoms with Crippen LogP contribution in [0.15, 0.2) is 0 Å². The normalized spacial score (nSPS) is 39.1. The molecule has 14 heavy (non-hydrogen) atoms. The minimum atomic E-state index is -0.609. The average molecular weight is 197 g/mol. The zero-order valence-electron chi connectivity index (χ0n) is 8.78. The number of carboxylic acid groups (broad SMARTS) is 1. The van der Waals surface area contributed by atoms with Crippen molar-refractivity contribution in [2.45, 2.75) is 38.6 Å². The van der Waals surface area contributed by atoms with Crippen LogP contribution < -0.4 is 0 Å². The van der Waals surface area contributed by atoms with Crippen molar-refractivity contribution in [3.8, 4) is 0 Å². The van der Waals surface area contributed by atoms with Gasteiger partial charge in [0.05, 0.1) is 5.92 Å². The van der Waals surface area contributed by atoms with Gasteiger partial charge in [-0.15, -0.1) is 0 Å². The first-order chi connectivity index (χ1) is 6.66. The van der Waals surface area contributed by atoms with Crippen molar-refractivity contribution >= 4 is 5.97 Å². The van der Waals surface area contributed by atoms with E-state index in [-0.39, 0.29) is 5.92 Å². The standard InChI is InChI=1S/C11H19NO2/c1-8-5-10(6-8)12-4-2-3-9(7-12)11(13)14/h8-10H,2-7H2,1H3,(H,13,14). The highest BCUT2D eigenvalue weighted by molar-refractivity contribution is 5.70. The van der Waals surface area contributed by atoms with Gasteiger partial charge in [0.1, 0.15) is 0 Å². The van der Waals surface area contributed by atoms with E-state index in [1.165, 1.54) is 12.8 Å². The minimum absolute atomic E-state index is 0.111. The van der Waals surface area contributed by atoms with Crippen molar-refractivity contribution in [1.29, 1.82) is 0 Å². The van der Waals surface area contributed by atoms with Crippen molar-refractivity contribution in [3.05, 3.63) is 0 Å². The second-order valence-corrected chi connectivity index (χ2v) is 4.90. The number of hydrogen-bond acceptors (Lipinski definition) is 2. The Hall–Kier alpha value is -0.570. The van der Waals surface area contributed by atoms with Crippen LogP contribution in [0.2, 0.25) is 0 Å². The van der Waals surface area contributed by atoms with Gasteiger partial charge >= 0.3 is 5.97 Å². The lowest BCUT2D eigenvalue weighted by atomic mass is 9.79. The molecule has 1 N–H and O–H groups in total. The van der Waals surface area contributed by atoms with Gasteiger partial charge in [0.25, 0.3) is 0 Å². The van der Waals surface area contributed by atoms with E-state index in [1.54, 1.807) is 0 Å². The number of carboxylic acids is 1. The molecule has 3 nitrogen and oxygen atoms in total. The summed E-state index contributed by atoms with van der Waals surface area (Å²) in [4.78, 5) is 13.3. The molecule has 1 heterocycles. The lowest BCUT2D eigenvalue weighted by molar-refractivity contribution is -0.144. The topological polar surface area (TPSA) is 40.5 Å². The Balaban J connectivity index is 1.85. The summed E-state index contributed by atoms with van der Waals surface area (Å²) in [5, 5.41) is 8.95. The summed E-state index contributed by atoms with van der Waals surface area (Å²) >= 11 is 0. The number of rotatable bonds is 2. The van der Waals surface area contributed by atoms with Crippen LogP contribution in [0.25, 0.3) is 0 Å². The summed E-state index contributed by atoms with van der Waals surface area (Å²) < 4.78 is 0. The number of nitrogens with zero attached hydrogens (tertiary/aromatic N) is 1.